The summed E-state index contributed by atoms with van der Waals surface area (Å²) >= 11 is 3.22. The van der Waals surface area contributed by atoms with Crippen molar-refractivity contribution in [2.24, 2.45) is 0 Å². The molecule has 0 aliphatic rings. The van der Waals surface area contributed by atoms with Gasteiger partial charge in [0.25, 0.3) is 0 Å². The Labute approximate surface area is 122 Å². The zero-order valence-corrected chi connectivity index (χ0v) is 13.1. The second kappa shape index (κ2) is 7.03. The summed E-state index contributed by atoms with van der Waals surface area (Å²) < 4.78 is 10.4. The molecule has 0 spiro atoms. The van der Waals surface area contributed by atoms with Crippen LogP contribution >= 0.6 is 23.3 Å². The monoisotopic (exact) mass is 294 g/mol. The van der Waals surface area contributed by atoms with E-state index in [1.807, 2.05) is 0 Å². The molecule has 5 heteroatoms. The van der Waals surface area contributed by atoms with E-state index in [-0.39, 0.29) is 0 Å². The molecule has 1 aromatic carbocycles. The Hall–Kier alpha value is -0.910. The van der Waals surface area contributed by atoms with E-state index in [2.05, 4.69) is 41.4 Å². The van der Waals surface area contributed by atoms with Gasteiger partial charge in [-0.25, -0.2) is 4.98 Å². The number of aryl methyl sites for hydroxylation is 2. The average molecular weight is 294 g/mol. The van der Waals surface area contributed by atoms with Crippen molar-refractivity contribution in [1.82, 2.24) is 9.36 Å². The Morgan fingerprint density at radius 3 is 2.63 bits per heavy atom. The van der Waals surface area contributed by atoms with Gasteiger partial charge >= 0.3 is 0 Å². The first-order chi connectivity index (χ1) is 9.17. The average Bonchev–Trinajstić information content (AvgIpc) is 2.81. The highest BCUT2D eigenvalue weighted by Crippen LogP contribution is 2.25. The van der Waals surface area contributed by atoms with Crippen LogP contribution in [0.2, 0.25) is 0 Å². The summed E-state index contributed by atoms with van der Waals surface area (Å²) in [5.74, 6) is 1.83. The highest BCUT2D eigenvalue weighted by molar-refractivity contribution is 8.00. The molecule has 3 nitrogen and oxygen atoms in total. The molecule has 0 amide bonds. The van der Waals surface area contributed by atoms with E-state index in [9.17, 15) is 0 Å². The van der Waals surface area contributed by atoms with E-state index in [0.29, 0.717) is 6.61 Å². The molecule has 1 heterocycles. The lowest BCUT2D eigenvalue weighted by atomic mass is 10.1. The van der Waals surface area contributed by atoms with Crippen molar-refractivity contribution in [2.75, 3.05) is 13.7 Å². The Morgan fingerprint density at radius 1 is 1.21 bits per heavy atom. The number of benzene rings is 1. The van der Waals surface area contributed by atoms with Crippen LogP contribution in [-0.4, -0.2) is 23.1 Å². The molecular weight excluding hydrogens is 276 g/mol. The van der Waals surface area contributed by atoms with Gasteiger partial charge in [-0.1, -0.05) is 41.1 Å². The minimum atomic E-state index is 0.678. The van der Waals surface area contributed by atoms with Crippen LogP contribution < -0.4 is 0 Å². The Morgan fingerprint density at radius 2 is 1.95 bits per heavy atom. The molecule has 0 aliphatic heterocycles. The zero-order chi connectivity index (χ0) is 13.7. The first-order valence-corrected chi connectivity index (χ1v) is 7.95. The van der Waals surface area contributed by atoms with Crippen molar-refractivity contribution in [2.45, 2.75) is 30.4 Å². The molecule has 0 bridgehead atoms. The molecule has 2 aromatic rings. The summed E-state index contributed by atoms with van der Waals surface area (Å²) in [4.78, 5) is 4.50. The molecule has 0 saturated carbocycles. The van der Waals surface area contributed by atoms with Crippen LogP contribution in [-0.2, 0) is 16.9 Å². The van der Waals surface area contributed by atoms with E-state index in [4.69, 9.17) is 4.74 Å². The molecule has 0 aliphatic carbocycles. The summed E-state index contributed by atoms with van der Waals surface area (Å²) in [6.07, 6.45) is 0.789. The van der Waals surface area contributed by atoms with E-state index in [1.165, 1.54) is 28.2 Å². The maximum atomic E-state index is 5.03. The van der Waals surface area contributed by atoms with E-state index in [0.717, 1.165) is 22.3 Å². The van der Waals surface area contributed by atoms with Gasteiger partial charge in [-0.05, 0) is 30.9 Å². The Bertz CT molecular complexity index is 520. The number of hydrogen-bond donors (Lipinski definition) is 0. The van der Waals surface area contributed by atoms with E-state index in [1.54, 1.807) is 18.9 Å². The Kier molecular flexibility index (Phi) is 5.36. The number of nitrogens with zero attached hydrogens (tertiary/aromatic N) is 2. The predicted octanol–water partition coefficient (Wildman–Crippen LogP) is 3.64. The second-order valence-corrected chi connectivity index (χ2v) is 6.48. The van der Waals surface area contributed by atoms with Crippen LogP contribution in [0.1, 0.15) is 22.5 Å². The fraction of sp³-hybridized carbons (Fsp3) is 0.429. The fourth-order valence-electron chi connectivity index (χ4n) is 1.89. The third-order valence-corrected chi connectivity index (χ3v) is 4.57. The third-order valence-electron chi connectivity index (χ3n) is 2.62. The molecule has 1 aromatic heterocycles. The van der Waals surface area contributed by atoms with Gasteiger partial charge in [0.05, 0.1) is 6.61 Å². The highest BCUT2D eigenvalue weighted by Gasteiger charge is 2.05. The van der Waals surface area contributed by atoms with Crippen molar-refractivity contribution in [3.8, 4) is 0 Å². The predicted molar refractivity (Wildman–Crippen MR) is 81.0 cm³/mol. The van der Waals surface area contributed by atoms with Crippen molar-refractivity contribution < 1.29 is 4.74 Å². The summed E-state index contributed by atoms with van der Waals surface area (Å²) in [5.41, 5.74) is 3.97. The molecular formula is C14H18N2OS2. The summed E-state index contributed by atoms with van der Waals surface area (Å²) in [6.45, 7) is 4.95. The van der Waals surface area contributed by atoms with Gasteiger partial charge in [0.1, 0.15) is 5.82 Å². The number of aromatic nitrogens is 2. The largest absolute Gasteiger partial charge is 0.384 e. The van der Waals surface area contributed by atoms with Gasteiger partial charge in [0, 0.05) is 19.3 Å². The third kappa shape index (κ3) is 4.60. The molecule has 2 rings (SSSR count). The topological polar surface area (TPSA) is 35.0 Å². The minimum Gasteiger partial charge on any atom is -0.384 e. The normalized spacial score (nSPS) is 10.9. The lowest BCUT2D eigenvalue weighted by molar-refractivity contribution is 0.200. The van der Waals surface area contributed by atoms with Crippen LogP contribution in [0.25, 0.3) is 0 Å². The van der Waals surface area contributed by atoms with Gasteiger partial charge in [0.2, 0.25) is 0 Å². The second-order valence-electron chi connectivity index (χ2n) is 4.50. The van der Waals surface area contributed by atoms with Crippen molar-refractivity contribution in [3.63, 3.8) is 0 Å². The fourth-order valence-corrected chi connectivity index (χ4v) is 3.48. The lowest BCUT2D eigenvalue weighted by Gasteiger charge is -2.03. The van der Waals surface area contributed by atoms with Gasteiger partial charge in [-0.15, -0.1) is 0 Å². The van der Waals surface area contributed by atoms with Crippen LogP contribution in [0.4, 0.5) is 0 Å². The highest BCUT2D eigenvalue weighted by atomic mass is 32.2. The smallest absolute Gasteiger partial charge is 0.170 e. The molecule has 0 radical (unpaired) electrons. The van der Waals surface area contributed by atoms with Gasteiger partial charge in [-0.2, -0.15) is 4.37 Å². The number of methoxy groups -OCH3 is 1. The summed E-state index contributed by atoms with van der Waals surface area (Å²) in [5, 5.41) is 0. The lowest BCUT2D eigenvalue weighted by Crippen LogP contribution is -1.95. The number of hydrogen-bond acceptors (Lipinski definition) is 5. The first-order valence-electron chi connectivity index (χ1n) is 6.19. The van der Waals surface area contributed by atoms with Crippen LogP contribution in [0, 0.1) is 13.8 Å². The van der Waals surface area contributed by atoms with Crippen LogP contribution in [0.3, 0.4) is 0 Å². The molecule has 19 heavy (non-hydrogen) atoms. The maximum Gasteiger partial charge on any atom is 0.170 e. The van der Waals surface area contributed by atoms with E-state index >= 15 is 0 Å². The minimum absolute atomic E-state index is 0.678. The molecule has 102 valence electrons. The van der Waals surface area contributed by atoms with E-state index < -0.39 is 0 Å². The van der Waals surface area contributed by atoms with Gasteiger partial charge in [-0.3, -0.25) is 0 Å². The summed E-state index contributed by atoms with van der Waals surface area (Å²) in [7, 11) is 1.70. The number of thioether (sulfide) groups is 1. The number of rotatable bonds is 6. The Balaban J connectivity index is 1.92. The van der Waals surface area contributed by atoms with Crippen LogP contribution in [0.5, 0.6) is 0 Å². The van der Waals surface area contributed by atoms with Crippen molar-refractivity contribution in [3.05, 3.63) is 40.7 Å². The quantitative estimate of drug-likeness (QED) is 0.762. The van der Waals surface area contributed by atoms with Crippen LogP contribution in [0.15, 0.2) is 22.5 Å². The molecule has 0 saturated heterocycles. The molecule has 0 fully saturated rings. The number of ether oxygens (including phenoxy) is 1. The van der Waals surface area contributed by atoms with Gasteiger partial charge < -0.3 is 4.74 Å². The molecule has 0 unspecified atom stereocenters. The zero-order valence-electron chi connectivity index (χ0n) is 11.5. The van der Waals surface area contributed by atoms with Gasteiger partial charge in [0.15, 0.2) is 4.34 Å². The molecule has 0 N–H and O–H groups in total. The van der Waals surface area contributed by atoms with Crippen molar-refractivity contribution in [1.29, 1.82) is 0 Å². The standard InChI is InChI=1S/C14H18N2OS2/c1-10-6-11(2)8-12(7-10)9-18-14-15-13(16-19-14)4-5-17-3/h6-8H,4-5,9H2,1-3H3. The summed E-state index contributed by atoms with van der Waals surface area (Å²) in [6, 6.07) is 6.65. The molecule has 0 atom stereocenters. The van der Waals surface area contributed by atoms with Crippen molar-refractivity contribution >= 4 is 23.3 Å². The SMILES string of the molecule is COCCc1nsc(SCc2cc(C)cc(C)c2)n1. The maximum absolute atomic E-state index is 5.03. The first kappa shape index (κ1) is 14.5.